The van der Waals surface area contributed by atoms with Gasteiger partial charge in [0.2, 0.25) is 0 Å². The topological polar surface area (TPSA) is 89.8 Å². The quantitative estimate of drug-likeness (QED) is 0.443. The van der Waals surface area contributed by atoms with Gasteiger partial charge in [0, 0.05) is 18.6 Å². The van der Waals surface area contributed by atoms with Gasteiger partial charge in [0.25, 0.3) is 5.91 Å². The lowest BCUT2D eigenvalue weighted by Gasteiger charge is -2.37. The third kappa shape index (κ3) is 3.44. The fourth-order valence-electron chi connectivity index (χ4n) is 0.914. The van der Waals surface area contributed by atoms with Crippen molar-refractivity contribution in [2.45, 2.75) is 32.8 Å². The molecule has 0 saturated carbocycles. The van der Waals surface area contributed by atoms with Crippen molar-refractivity contribution in [1.82, 2.24) is 5.32 Å². The van der Waals surface area contributed by atoms with E-state index in [1.165, 1.54) is 6.92 Å². The Balaban J connectivity index is 4.38. The molecule has 0 aromatic carbocycles. The standard InChI is InChI=1S/C10H21NO4/c1-9(2,7-13)10(3,15)8(14)11-5-4-6-12/h12-13,15H,4-7H2,1-3H3,(H,11,14)/t10-/m0/s1. The lowest BCUT2D eigenvalue weighted by molar-refractivity contribution is -0.154. The molecule has 15 heavy (non-hydrogen) atoms. The van der Waals surface area contributed by atoms with E-state index in [9.17, 15) is 9.90 Å². The van der Waals surface area contributed by atoms with E-state index in [2.05, 4.69) is 5.32 Å². The number of carbonyl (C=O) groups excluding carboxylic acids is 1. The van der Waals surface area contributed by atoms with Crippen LogP contribution in [0.3, 0.4) is 0 Å². The summed E-state index contributed by atoms with van der Waals surface area (Å²) in [5.41, 5.74) is -2.53. The molecule has 0 radical (unpaired) electrons. The van der Waals surface area contributed by atoms with Gasteiger partial charge < -0.3 is 20.6 Å². The first-order chi connectivity index (χ1) is 6.79. The molecule has 1 amide bonds. The maximum absolute atomic E-state index is 11.6. The zero-order valence-electron chi connectivity index (χ0n) is 9.58. The van der Waals surface area contributed by atoms with E-state index >= 15 is 0 Å². The Labute approximate surface area is 90.1 Å². The molecule has 0 aromatic heterocycles. The minimum absolute atomic E-state index is 0.00812. The lowest BCUT2D eigenvalue weighted by Crippen LogP contribution is -2.55. The summed E-state index contributed by atoms with van der Waals surface area (Å²) in [7, 11) is 0. The Bertz CT molecular complexity index is 213. The van der Waals surface area contributed by atoms with E-state index in [-0.39, 0.29) is 13.2 Å². The maximum atomic E-state index is 11.6. The van der Waals surface area contributed by atoms with E-state index in [0.29, 0.717) is 13.0 Å². The summed E-state index contributed by atoms with van der Waals surface area (Å²) in [5.74, 6) is -0.532. The van der Waals surface area contributed by atoms with Crippen molar-refractivity contribution in [3.63, 3.8) is 0 Å². The Morgan fingerprint density at radius 3 is 2.20 bits per heavy atom. The molecule has 90 valence electrons. The van der Waals surface area contributed by atoms with Crippen LogP contribution in [0.15, 0.2) is 0 Å². The van der Waals surface area contributed by atoms with E-state index in [4.69, 9.17) is 10.2 Å². The molecule has 0 spiro atoms. The molecule has 1 atom stereocenters. The molecular formula is C10H21NO4. The number of aliphatic hydroxyl groups is 3. The van der Waals surface area contributed by atoms with Crippen LogP contribution in [0, 0.1) is 5.41 Å². The third-order valence-corrected chi connectivity index (χ3v) is 2.78. The normalized spacial score (nSPS) is 15.9. The van der Waals surface area contributed by atoms with Crippen molar-refractivity contribution in [2.75, 3.05) is 19.8 Å². The van der Waals surface area contributed by atoms with Crippen LogP contribution in [-0.4, -0.2) is 46.6 Å². The van der Waals surface area contributed by atoms with E-state index in [1.54, 1.807) is 13.8 Å². The first-order valence-electron chi connectivity index (χ1n) is 5.02. The number of rotatable bonds is 6. The zero-order valence-corrected chi connectivity index (χ0v) is 9.58. The summed E-state index contributed by atoms with van der Waals surface area (Å²) >= 11 is 0. The molecule has 0 saturated heterocycles. The Morgan fingerprint density at radius 2 is 1.80 bits per heavy atom. The monoisotopic (exact) mass is 219 g/mol. The molecule has 0 fully saturated rings. The zero-order chi connectivity index (χ0) is 12.1. The van der Waals surface area contributed by atoms with Crippen LogP contribution in [0.5, 0.6) is 0 Å². The van der Waals surface area contributed by atoms with Gasteiger partial charge in [0.05, 0.1) is 6.61 Å². The number of hydrogen-bond acceptors (Lipinski definition) is 4. The predicted octanol–water partition coefficient (Wildman–Crippen LogP) is -0.746. The average molecular weight is 219 g/mol. The highest BCUT2D eigenvalue weighted by Crippen LogP contribution is 2.30. The highest BCUT2D eigenvalue weighted by molar-refractivity contribution is 5.85. The van der Waals surface area contributed by atoms with E-state index in [1.807, 2.05) is 0 Å². The van der Waals surface area contributed by atoms with Crippen LogP contribution in [0.4, 0.5) is 0 Å². The number of nitrogens with one attached hydrogen (secondary N) is 1. The maximum Gasteiger partial charge on any atom is 0.252 e. The van der Waals surface area contributed by atoms with Crippen LogP contribution in [0.1, 0.15) is 27.2 Å². The molecule has 0 aromatic rings. The van der Waals surface area contributed by atoms with Crippen LogP contribution in [-0.2, 0) is 4.79 Å². The van der Waals surface area contributed by atoms with Gasteiger partial charge in [-0.2, -0.15) is 0 Å². The molecule has 5 heteroatoms. The van der Waals surface area contributed by atoms with Crippen molar-refractivity contribution in [2.24, 2.45) is 5.41 Å². The van der Waals surface area contributed by atoms with E-state index < -0.39 is 16.9 Å². The minimum Gasteiger partial charge on any atom is -0.396 e. The number of carbonyl (C=O) groups is 1. The first-order valence-corrected chi connectivity index (χ1v) is 5.02. The van der Waals surface area contributed by atoms with Gasteiger partial charge in [0.1, 0.15) is 5.60 Å². The third-order valence-electron chi connectivity index (χ3n) is 2.78. The molecule has 0 heterocycles. The molecule has 0 rings (SSSR count). The summed E-state index contributed by atoms with van der Waals surface area (Å²) in [4.78, 5) is 11.6. The minimum atomic E-state index is -1.63. The highest BCUT2D eigenvalue weighted by atomic mass is 16.3. The van der Waals surface area contributed by atoms with Crippen LogP contribution in [0.2, 0.25) is 0 Å². The van der Waals surface area contributed by atoms with Crippen LogP contribution >= 0.6 is 0 Å². The number of aliphatic hydroxyl groups excluding tert-OH is 2. The Kier molecular flexibility index (Phi) is 5.20. The highest BCUT2D eigenvalue weighted by Gasteiger charge is 2.45. The first kappa shape index (κ1) is 14.3. The lowest BCUT2D eigenvalue weighted by atomic mass is 9.76. The second kappa shape index (κ2) is 5.44. The Hall–Kier alpha value is -0.650. The molecule has 0 bridgehead atoms. The van der Waals surface area contributed by atoms with Gasteiger partial charge in [-0.3, -0.25) is 4.79 Å². The molecule has 0 unspecified atom stereocenters. The second-order valence-corrected chi connectivity index (χ2v) is 4.45. The van der Waals surface area contributed by atoms with Gasteiger partial charge in [-0.15, -0.1) is 0 Å². The van der Waals surface area contributed by atoms with Gasteiger partial charge >= 0.3 is 0 Å². The summed E-state index contributed by atoms with van der Waals surface area (Å²) in [6.45, 7) is 4.61. The average Bonchev–Trinajstić information content (AvgIpc) is 2.17. The second-order valence-electron chi connectivity index (χ2n) is 4.45. The van der Waals surface area contributed by atoms with Crippen molar-refractivity contribution in [3.05, 3.63) is 0 Å². The number of hydrogen-bond donors (Lipinski definition) is 4. The van der Waals surface area contributed by atoms with Gasteiger partial charge in [-0.05, 0) is 13.3 Å². The van der Waals surface area contributed by atoms with E-state index in [0.717, 1.165) is 0 Å². The van der Waals surface area contributed by atoms with Crippen molar-refractivity contribution in [1.29, 1.82) is 0 Å². The van der Waals surface area contributed by atoms with Crippen LogP contribution in [0.25, 0.3) is 0 Å². The van der Waals surface area contributed by atoms with Crippen molar-refractivity contribution < 1.29 is 20.1 Å². The summed E-state index contributed by atoms with van der Waals surface area (Å²) in [6.07, 6.45) is 0.446. The smallest absolute Gasteiger partial charge is 0.252 e. The van der Waals surface area contributed by atoms with Gasteiger partial charge in [-0.25, -0.2) is 0 Å². The fraction of sp³-hybridized carbons (Fsp3) is 0.900. The SMILES string of the molecule is CC(C)(CO)[C@@](C)(O)C(=O)NCCCO. The predicted molar refractivity (Wildman–Crippen MR) is 56.2 cm³/mol. The fourth-order valence-corrected chi connectivity index (χ4v) is 0.914. The molecule has 4 N–H and O–H groups in total. The molecule has 5 nitrogen and oxygen atoms in total. The number of amides is 1. The summed E-state index contributed by atoms with van der Waals surface area (Å²) in [6, 6.07) is 0. The summed E-state index contributed by atoms with van der Waals surface area (Å²) < 4.78 is 0. The molecular weight excluding hydrogens is 198 g/mol. The Morgan fingerprint density at radius 1 is 1.27 bits per heavy atom. The molecule has 0 aliphatic carbocycles. The van der Waals surface area contributed by atoms with Crippen molar-refractivity contribution in [3.8, 4) is 0 Å². The summed E-state index contributed by atoms with van der Waals surface area (Å²) in [5, 5.41) is 30.1. The molecule has 0 aliphatic heterocycles. The van der Waals surface area contributed by atoms with Crippen molar-refractivity contribution >= 4 is 5.91 Å². The molecule has 0 aliphatic rings. The van der Waals surface area contributed by atoms with Crippen LogP contribution < -0.4 is 5.32 Å². The van der Waals surface area contributed by atoms with Gasteiger partial charge in [0.15, 0.2) is 0 Å². The van der Waals surface area contributed by atoms with Gasteiger partial charge in [-0.1, -0.05) is 13.8 Å². The largest absolute Gasteiger partial charge is 0.396 e.